The number of para-hydroxylation sites is 2. The van der Waals surface area contributed by atoms with E-state index >= 15 is 0 Å². The lowest BCUT2D eigenvalue weighted by atomic mass is 10.2. The molecule has 0 saturated carbocycles. The zero-order valence-corrected chi connectivity index (χ0v) is 11.0. The lowest BCUT2D eigenvalue weighted by molar-refractivity contribution is -0.122. The fourth-order valence-electron chi connectivity index (χ4n) is 2.00. The monoisotopic (exact) mass is 262 g/mol. The molecule has 1 aromatic carbocycles. The average molecular weight is 262 g/mol. The summed E-state index contributed by atoms with van der Waals surface area (Å²) in [6.07, 6.45) is 1.23. The van der Waals surface area contributed by atoms with Crippen molar-refractivity contribution in [1.82, 2.24) is 0 Å². The van der Waals surface area contributed by atoms with E-state index in [0.29, 0.717) is 25.3 Å². The maximum Gasteiger partial charge on any atom is 0.244 e. The Labute approximate surface area is 112 Å². The molecule has 1 aliphatic rings. The Balaban J connectivity index is 2.03. The van der Waals surface area contributed by atoms with E-state index in [4.69, 9.17) is 4.74 Å². The zero-order valence-electron chi connectivity index (χ0n) is 11.0. The molecule has 2 rings (SSSR count). The van der Waals surface area contributed by atoms with Gasteiger partial charge in [-0.3, -0.25) is 9.59 Å². The molecule has 19 heavy (non-hydrogen) atoms. The second kappa shape index (κ2) is 6.33. The molecule has 0 atom stereocenters. The third kappa shape index (κ3) is 3.32. The molecule has 5 heteroatoms. The summed E-state index contributed by atoms with van der Waals surface area (Å²) in [5.41, 5.74) is 1.43. The number of nitrogens with zero attached hydrogens (tertiary/aromatic N) is 1. The first-order valence-corrected chi connectivity index (χ1v) is 6.49. The van der Waals surface area contributed by atoms with Crippen LogP contribution in [0.2, 0.25) is 0 Å². The van der Waals surface area contributed by atoms with Crippen LogP contribution in [-0.4, -0.2) is 31.6 Å². The number of rotatable bonds is 5. The zero-order chi connectivity index (χ0) is 13.7. The van der Waals surface area contributed by atoms with Crippen molar-refractivity contribution in [3.8, 4) is 0 Å². The number of hydrogen-bond donors (Lipinski definition) is 1. The Bertz CT molecular complexity index is 474. The van der Waals surface area contributed by atoms with Crippen LogP contribution >= 0.6 is 0 Å². The van der Waals surface area contributed by atoms with Gasteiger partial charge in [-0.1, -0.05) is 19.1 Å². The van der Waals surface area contributed by atoms with Crippen molar-refractivity contribution in [2.24, 2.45) is 0 Å². The summed E-state index contributed by atoms with van der Waals surface area (Å²) >= 11 is 0. The number of carbonyl (C=O) groups excluding carboxylic acids is 2. The van der Waals surface area contributed by atoms with Crippen LogP contribution in [0.4, 0.5) is 11.4 Å². The second-order valence-corrected chi connectivity index (χ2v) is 4.41. The van der Waals surface area contributed by atoms with Crippen molar-refractivity contribution in [2.45, 2.75) is 19.8 Å². The molecule has 0 aromatic heterocycles. The highest BCUT2D eigenvalue weighted by Crippen LogP contribution is 2.29. The topological polar surface area (TPSA) is 58.6 Å². The van der Waals surface area contributed by atoms with Gasteiger partial charge in [0.25, 0.3) is 0 Å². The van der Waals surface area contributed by atoms with Gasteiger partial charge in [-0.05, 0) is 18.6 Å². The van der Waals surface area contributed by atoms with Crippen LogP contribution in [0.15, 0.2) is 24.3 Å². The minimum atomic E-state index is -0.165. The molecule has 1 heterocycles. The van der Waals surface area contributed by atoms with Gasteiger partial charge in [0.2, 0.25) is 11.8 Å². The highest BCUT2D eigenvalue weighted by atomic mass is 16.5. The number of benzene rings is 1. The predicted octanol–water partition coefficient (Wildman–Crippen LogP) is 1.79. The van der Waals surface area contributed by atoms with Gasteiger partial charge in [0, 0.05) is 6.61 Å². The van der Waals surface area contributed by atoms with Gasteiger partial charge in [-0.15, -0.1) is 0 Å². The summed E-state index contributed by atoms with van der Waals surface area (Å²) in [5, 5.41) is 2.76. The number of amides is 2. The van der Waals surface area contributed by atoms with Crippen LogP contribution in [0.25, 0.3) is 0 Å². The summed E-state index contributed by atoms with van der Waals surface area (Å²) in [4.78, 5) is 25.2. The number of carbonyl (C=O) groups is 2. The van der Waals surface area contributed by atoms with Crippen molar-refractivity contribution in [1.29, 1.82) is 0 Å². The SMILES string of the molecule is CCCOCCC(=O)N1CC(=O)Nc2ccccc21. The van der Waals surface area contributed by atoms with Gasteiger partial charge in [0.05, 0.1) is 24.4 Å². The molecule has 1 aliphatic heterocycles. The van der Waals surface area contributed by atoms with Crippen LogP contribution in [0.3, 0.4) is 0 Å². The summed E-state index contributed by atoms with van der Waals surface area (Å²) in [6.45, 7) is 3.15. The Kier molecular flexibility index (Phi) is 4.52. The Morgan fingerprint density at radius 3 is 2.95 bits per heavy atom. The van der Waals surface area contributed by atoms with Crippen molar-refractivity contribution in [2.75, 3.05) is 30.0 Å². The van der Waals surface area contributed by atoms with E-state index < -0.39 is 0 Å². The third-order valence-corrected chi connectivity index (χ3v) is 2.88. The average Bonchev–Trinajstić information content (AvgIpc) is 2.42. The predicted molar refractivity (Wildman–Crippen MR) is 73.2 cm³/mol. The molecule has 0 radical (unpaired) electrons. The van der Waals surface area contributed by atoms with E-state index in [1.165, 1.54) is 4.90 Å². The first kappa shape index (κ1) is 13.5. The molecular formula is C14H18N2O3. The third-order valence-electron chi connectivity index (χ3n) is 2.88. The number of anilines is 2. The molecule has 1 aromatic rings. The molecule has 0 unspecified atom stereocenters. The summed E-state index contributed by atoms with van der Waals surface area (Å²) in [6, 6.07) is 7.31. The Hall–Kier alpha value is -1.88. The Morgan fingerprint density at radius 1 is 1.37 bits per heavy atom. The summed E-state index contributed by atoms with van der Waals surface area (Å²) in [7, 11) is 0. The number of ether oxygens (including phenoxy) is 1. The molecule has 2 amide bonds. The fourth-order valence-corrected chi connectivity index (χ4v) is 2.00. The van der Waals surface area contributed by atoms with Gasteiger partial charge in [0.15, 0.2) is 0 Å². The molecule has 5 nitrogen and oxygen atoms in total. The quantitative estimate of drug-likeness (QED) is 0.823. The van der Waals surface area contributed by atoms with E-state index in [1.54, 1.807) is 6.07 Å². The van der Waals surface area contributed by atoms with Crippen molar-refractivity contribution < 1.29 is 14.3 Å². The Morgan fingerprint density at radius 2 is 2.16 bits per heavy atom. The van der Waals surface area contributed by atoms with Crippen LogP contribution < -0.4 is 10.2 Å². The van der Waals surface area contributed by atoms with E-state index in [1.807, 2.05) is 25.1 Å². The summed E-state index contributed by atoms with van der Waals surface area (Å²) in [5.74, 6) is -0.250. The van der Waals surface area contributed by atoms with Gasteiger partial charge >= 0.3 is 0 Å². The van der Waals surface area contributed by atoms with Gasteiger partial charge in [-0.25, -0.2) is 0 Å². The van der Waals surface area contributed by atoms with Crippen LogP contribution in [0.5, 0.6) is 0 Å². The lowest BCUT2D eigenvalue weighted by Crippen LogP contribution is -2.42. The molecule has 102 valence electrons. The van der Waals surface area contributed by atoms with Crippen molar-refractivity contribution >= 4 is 23.2 Å². The normalized spacial score (nSPS) is 13.9. The van der Waals surface area contributed by atoms with E-state index in [2.05, 4.69) is 5.32 Å². The minimum absolute atomic E-state index is 0.0730. The van der Waals surface area contributed by atoms with Gasteiger partial charge in [-0.2, -0.15) is 0 Å². The van der Waals surface area contributed by atoms with Crippen LogP contribution in [0.1, 0.15) is 19.8 Å². The van der Waals surface area contributed by atoms with Crippen LogP contribution in [-0.2, 0) is 14.3 Å². The molecule has 0 bridgehead atoms. The number of nitrogens with one attached hydrogen (secondary N) is 1. The minimum Gasteiger partial charge on any atom is -0.381 e. The molecule has 0 fully saturated rings. The second-order valence-electron chi connectivity index (χ2n) is 4.41. The van der Waals surface area contributed by atoms with Crippen molar-refractivity contribution in [3.05, 3.63) is 24.3 Å². The highest BCUT2D eigenvalue weighted by Gasteiger charge is 2.25. The number of fused-ring (bicyclic) bond motifs is 1. The van der Waals surface area contributed by atoms with E-state index in [0.717, 1.165) is 12.1 Å². The number of hydrogen-bond acceptors (Lipinski definition) is 3. The standard InChI is InChI=1S/C14H18N2O3/c1-2-8-19-9-7-14(18)16-10-13(17)15-11-5-3-4-6-12(11)16/h3-6H,2,7-10H2,1H3,(H,15,17). The molecule has 0 spiro atoms. The largest absolute Gasteiger partial charge is 0.381 e. The molecule has 0 aliphatic carbocycles. The first-order chi connectivity index (χ1) is 9.22. The molecule has 0 saturated heterocycles. The maximum atomic E-state index is 12.1. The van der Waals surface area contributed by atoms with E-state index in [-0.39, 0.29) is 18.4 Å². The fraction of sp³-hybridized carbons (Fsp3) is 0.429. The van der Waals surface area contributed by atoms with E-state index in [9.17, 15) is 9.59 Å². The van der Waals surface area contributed by atoms with Gasteiger partial charge in [0.1, 0.15) is 6.54 Å². The smallest absolute Gasteiger partial charge is 0.244 e. The molecule has 1 N–H and O–H groups in total. The highest BCUT2D eigenvalue weighted by molar-refractivity contribution is 6.09. The summed E-state index contributed by atoms with van der Waals surface area (Å²) < 4.78 is 5.31. The first-order valence-electron chi connectivity index (χ1n) is 6.49. The van der Waals surface area contributed by atoms with Gasteiger partial charge < -0.3 is 15.0 Å². The van der Waals surface area contributed by atoms with Crippen molar-refractivity contribution in [3.63, 3.8) is 0 Å². The van der Waals surface area contributed by atoms with Crippen LogP contribution in [0, 0.1) is 0 Å². The molecular weight excluding hydrogens is 244 g/mol. The maximum absolute atomic E-state index is 12.1. The lowest BCUT2D eigenvalue weighted by Gasteiger charge is -2.29.